The van der Waals surface area contributed by atoms with Crippen molar-refractivity contribution in [3.8, 4) is 0 Å². The van der Waals surface area contributed by atoms with Gasteiger partial charge in [-0.25, -0.2) is 9.09 Å². The average Bonchev–Trinajstić information content (AvgIpc) is 1.30. The Labute approximate surface area is 41.4 Å². The van der Waals surface area contributed by atoms with Gasteiger partial charge in [0.25, 0.3) is 0 Å². The SMILES string of the molecule is [CH2+]COP(=O)(O)O. The van der Waals surface area contributed by atoms with E-state index in [1.165, 1.54) is 0 Å². The van der Waals surface area contributed by atoms with Gasteiger partial charge in [0.05, 0.1) is 6.92 Å². The predicted molar refractivity (Wildman–Crippen MR) is 23.4 cm³/mol. The largest absolute Gasteiger partial charge is 0.473 e. The molecule has 0 amide bonds. The molecule has 42 valence electrons. The first-order valence-electron chi connectivity index (χ1n) is 1.55. The molecular formula is C2H6O4P+. The topological polar surface area (TPSA) is 66.8 Å². The van der Waals surface area contributed by atoms with E-state index >= 15 is 0 Å². The molecule has 0 aromatic heterocycles. The van der Waals surface area contributed by atoms with Gasteiger partial charge in [0.2, 0.25) is 0 Å². The molecule has 0 aliphatic heterocycles. The van der Waals surface area contributed by atoms with E-state index in [1.807, 2.05) is 0 Å². The van der Waals surface area contributed by atoms with Gasteiger partial charge in [-0.1, -0.05) is 0 Å². The number of hydrogen-bond acceptors (Lipinski definition) is 2. The lowest BCUT2D eigenvalue weighted by atomic mass is 10.9. The molecule has 0 aliphatic carbocycles. The summed E-state index contributed by atoms with van der Waals surface area (Å²) in [5, 5.41) is 0. The molecule has 0 aliphatic rings. The highest BCUT2D eigenvalue weighted by Gasteiger charge is 2.12. The van der Waals surface area contributed by atoms with Crippen LogP contribution in [0.4, 0.5) is 0 Å². The zero-order chi connectivity index (χ0) is 5.91. The summed E-state index contributed by atoms with van der Waals surface area (Å²) >= 11 is 0. The molecule has 0 spiro atoms. The van der Waals surface area contributed by atoms with Crippen molar-refractivity contribution in [2.75, 3.05) is 6.61 Å². The van der Waals surface area contributed by atoms with E-state index in [4.69, 9.17) is 9.79 Å². The summed E-state index contributed by atoms with van der Waals surface area (Å²) < 4.78 is 13.4. The van der Waals surface area contributed by atoms with Crippen LogP contribution < -0.4 is 0 Å². The second-order valence-electron chi connectivity index (χ2n) is 0.824. The highest BCUT2D eigenvalue weighted by Crippen LogP contribution is 2.34. The van der Waals surface area contributed by atoms with Gasteiger partial charge >= 0.3 is 7.82 Å². The number of phosphoric ester groups is 1. The molecule has 0 atom stereocenters. The maximum absolute atomic E-state index is 9.66. The number of rotatable bonds is 2. The Morgan fingerprint density at radius 2 is 2.14 bits per heavy atom. The molecule has 0 saturated carbocycles. The zero-order valence-corrected chi connectivity index (χ0v) is 4.47. The van der Waals surface area contributed by atoms with E-state index in [0.717, 1.165) is 0 Å². The van der Waals surface area contributed by atoms with Crippen LogP contribution >= 0.6 is 7.82 Å². The standard InChI is InChI=1S/C2H5O4P/c1-2-6-7(3,4)5/h1-2H2,(H-,3,4,5)/p+1. The molecule has 7 heavy (non-hydrogen) atoms. The number of phosphoric acid groups is 1. The molecule has 0 saturated heterocycles. The summed E-state index contributed by atoms with van der Waals surface area (Å²) in [4.78, 5) is 15.7. The molecule has 0 aromatic rings. The zero-order valence-electron chi connectivity index (χ0n) is 3.57. The molecule has 0 aromatic carbocycles. The van der Waals surface area contributed by atoms with Crippen molar-refractivity contribution in [1.82, 2.24) is 0 Å². The Bertz CT molecular complexity index is 83.7. The minimum atomic E-state index is -4.23. The molecule has 0 heterocycles. The highest BCUT2D eigenvalue weighted by molar-refractivity contribution is 7.46. The van der Waals surface area contributed by atoms with Gasteiger partial charge in [0.1, 0.15) is 0 Å². The van der Waals surface area contributed by atoms with Crippen molar-refractivity contribution in [2.45, 2.75) is 0 Å². The van der Waals surface area contributed by atoms with Gasteiger partial charge in [0.15, 0.2) is 6.61 Å². The van der Waals surface area contributed by atoms with Crippen LogP contribution in [0.15, 0.2) is 0 Å². The van der Waals surface area contributed by atoms with Gasteiger partial charge in [-0.3, -0.25) is 0 Å². The quantitative estimate of drug-likeness (QED) is 0.400. The van der Waals surface area contributed by atoms with E-state index in [2.05, 4.69) is 11.4 Å². The molecule has 0 radical (unpaired) electrons. The summed E-state index contributed by atoms with van der Waals surface area (Å²) in [7, 11) is -4.23. The second kappa shape index (κ2) is 2.33. The second-order valence-corrected chi connectivity index (χ2v) is 2.06. The van der Waals surface area contributed by atoms with Crippen molar-refractivity contribution in [3.63, 3.8) is 0 Å². The van der Waals surface area contributed by atoms with Crippen LogP contribution in [0.2, 0.25) is 0 Å². The van der Waals surface area contributed by atoms with Crippen molar-refractivity contribution < 1.29 is 18.9 Å². The fourth-order valence-corrected chi connectivity index (χ4v) is 0.357. The smallest absolute Gasteiger partial charge is 0.303 e. The summed E-state index contributed by atoms with van der Waals surface area (Å²) in [6, 6.07) is 0. The van der Waals surface area contributed by atoms with Gasteiger partial charge in [-0.2, -0.15) is 0 Å². The minimum absolute atomic E-state index is 0.204. The monoisotopic (exact) mass is 125 g/mol. The summed E-state index contributed by atoms with van der Waals surface area (Å²) in [6.45, 7) is 2.85. The summed E-state index contributed by atoms with van der Waals surface area (Å²) in [5.74, 6) is 0. The van der Waals surface area contributed by atoms with Crippen LogP contribution in [-0.4, -0.2) is 16.4 Å². The normalized spacial score (nSPS) is 11.7. The van der Waals surface area contributed by atoms with Gasteiger partial charge in [-0.05, 0) is 0 Å². The molecule has 0 bridgehead atoms. The van der Waals surface area contributed by atoms with Crippen LogP contribution in [0, 0.1) is 6.92 Å². The Kier molecular flexibility index (Phi) is 2.32. The maximum Gasteiger partial charge on any atom is 0.473 e. The molecule has 5 heteroatoms. The molecule has 2 N–H and O–H groups in total. The molecule has 4 nitrogen and oxygen atoms in total. The van der Waals surface area contributed by atoms with Crippen LogP contribution in [-0.2, 0) is 9.09 Å². The van der Waals surface area contributed by atoms with E-state index in [0.29, 0.717) is 0 Å². The fraction of sp³-hybridized carbons (Fsp3) is 0.500. The Morgan fingerprint density at radius 3 is 2.14 bits per heavy atom. The van der Waals surface area contributed by atoms with E-state index < -0.39 is 7.82 Å². The van der Waals surface area contributed by atoms with E-state index in [9.17, 15) is 4.57 Å². The number of hydrogen-bond donors (Lipinski definition) is 2. The lowest BCUT2D eigenvalue weighted by Gasteiger charge is -1.94. The Balaban J connectivity index is 3.36. The van der Waals surface area contributed by atoms with Gasteiger partial charge in [-0.15, -0.1) is 0 Å². The molecule has 0 rings (SSSR count). The average molecular weight is 125 g/mol. The van der Waals surface area contributed by atoms with E-state index in [-0.39, 0.29) is 6.61 Å². The molecule has 0 fully saturated rings. The fourth-order valence-electron chi connectivity index (χ4n) is 0.119. The van der Waals surface area contributed by atoms with Crippen molar-refractivity contribution in [3.05, 3.63) is 6.92 Å². The van der Waals surface area contributed by atoms with Crippen LogP contribution in [0.25, 0.3) is 0 Å². The lowest BCUT2D eigenvalue weighted by molar-refractivity contribution is 0.215. The Hall–Kier alpha value is -0.0200. The highest BCUT2D eigenvalue weighted by atomic mass is 31.2. The van der Waals surface area contributed by atoms with Gasteiger partial charge in [0, 0.05) is 0 Å². The first-order chi connectivity index (χ1) is 3.06. The van der Waals surface area contributed by atoms with Crippen LogP contribution in [0.5, 0.6) is 0 Å². The van der Waals surface area contributed by atoms with Crippen molar-refractivity contribution in [1.29, 1.82) is 0 Å². The summed E-state index contributed by atoms with van der Waals surface area (Å²) in [6.07, 6.45) is 0. The van der Waals surface area contributed by atoms with Crippen LogP contribution in [0.1, 0.15) is 0 Å². The molecular weight excluding hydrogens is 119 g/mol. The first-order valence-corrected chi connectivity index (χ1v) is 3.08. The maximum atomic E-state index is 9.66. The minimum Gasteiger partial charge on any atom is -0.303 e. The van der Waals surface area contributed by atoms with Crippen molar-refractivity contribution >= 4 is 7.82 Å². The lowest BCUT2D eigenvalue weighted by Crippen LogP contribution is -1.84. The van der Waals surface area contributed by atoms with Crippen LogP contribution in [0.3, 0.4) is 0 Å². The third-order valence-corrected chi connectivity index (χ3v) is 0.778. The predicted octanol–water partition coefficient (Wildman–Crippen LogP) is -0.0702. The Morgan fingerprint density at radius 1 is 1.71 bits per heavy atom. The third kappa shape index (κ3) is 5.98. The van der Waals surface area contributed by atoms with E-state index in [1.54, 1.807) is 0 Å². The first kappa shape index (κ1) is 6.98. The van der Waals surface area contributed by atoms with Crippen molar-refractivity contribution in [2.24, 2.45) is 0 Å². The third-order valence-electron chi connectivity index (χ3n) is 0.259. The molecule has 0 unspecified atom stereocenters. The van der Waals surface area contributed by atoms with Gasteiger partial charge < -0.3 is 9.79 Å². The summed E-state index contributed by atoms with van der Waals surface area (Å²) in [5.41, 5.74) is 0.